The van der Waals surface area contributed by atoms with E-state index >= 15 is 0 Å². The minimum atomic E-state index is -1.20. The van der Waals surface area contributed by atoms with Gasteiger partial charge >= 0.3 is 0 Å². The summed E-state index contributed by atoms with van der Waals surface area (Å²) in [6, 6.07) is 27.0. The Kier molecular flexibility index (Phi) is 3.59. The predicted molar refractivity (Wildman–Crippen MR) is 93.4 cm³/mol. The molecule has 0 aliphatic heterocycles. The summed E-state index contributed by atoms with van der Waals surface area (Å²) >= 11 is 0. The SMILES string of the molecule is OC(Cn1nc2ccccc2n1)(c1ccccc1)c1ccccc1. The Morgan fingerprint density at radius 3 is 1.54 bits per heavy atom. The first-order valence-electron chi connectivity index (χ1n) is 7.89. The Balaban J connectivity index is 1.81. The Hall–Kier alpha value is -2.98. The van der Waals surface area contributed by atoms with Crippen LogP contribution in [0.2, 0.25) is 0 Å². The van der Waals surface area contributed by atoms with Crippen LogP contribution in [0.15, 0.2) is 84.9 Å². The molecule has 0 atom stereocenters. The maximum Gasteiger partial charge on any atom is 0.136 e. The van der Waals surface area contributed by atoms with Crippen LogP contribution in [-0.4, -0.2) is 20.1 Å². The molecule has 1 aromatic heterocycles. The molecule has 1 N–H and O–H groups in total. The summed E-state index contributed by atoms with van der Waals surface area (Å²) in [7, 11) is 0. The molecule has 1 heterocycles. The molecular formula is C20H17N3O. The van der Waals surface area contributed by atoms with E-state index in [1.807, 2.05) is 84.9 Å². The molecule has 4 heteroatoms. The van der Waals surface area contributed by atoms with Gasteiger partial charge in [0.15, 0.2) is 0 Å². The summed E-state index contributed by atoms with van der Waals surface area (Å²) in [4.78, 5) is 1.57. The second-order valence-corrected chi connectivity index (χ2v) is 5.81. The maximum absolute atomic E-state index is 11.5. The van der Waals surface area contributed by atoms with Crippen molar-refractivity contribution in [3.63, 3.8) is 0 Å². The van der Waals surface area contributed by atoms with Gasteiger partial charge in [0, 0.05) is 0 Å². The minimum absolute atomic E-state index is 0.246. The van der Waals surface area contributed by atoms with E-state index in [0.717, 1.165) is 22.2 Å². The van der Waals surface area contributed by atoms with E-state index in [-0.39, 0.29) is 6.54 Å². The molecule has 0 amide bonds. The molecule has 0 radical (unpaired) electrons. The first-order chi connectivity index (χ1) is 11.8. The summed E-state index contributed by atoms with van der Waals surface area (Å²) in [5, 5.41) is 20.5. The van der Waals surface area contributed by atoms with Gasteiger partial charge in [-0.25, -0.2) is 0 Å². The zero-order valence-corrected chi connectivity index (χ0v) is 13.1. The number of benzene rings is 3. The average Bonchev–Trinajstić information content (AvgIpc) is 3.05. The van der Waals surface area contributed by atoms with Crippen molar-refractivity contribution in [1.29, 1.82) is 0 Å². The van der Waals surface area contributed by atoms with E-state index in [0.29, 0.717) is 0 Å². The highest BCUT2D eigenvalue weighted by Gasteiger charge is 2.33. The van der Waals surface area contributed by atoms with Crippen molar-refractivity contribution in [1.82, 2.24) is 15.0 Å². The Morgan fingerprint density at radius 2 is 1.08 bits per heavy atom. The van der Waals surface area contributed by atoms with E-state index in [1.165, 1.54) is 0 Å². The fourth-order valence-corrected chi connectivity index (χ4v) is 2.96. The van der Waals surface area contributed by atoms with Gasteiger partial charge in [-0.15, -0.1) is 0 Å². The first kappa shape index (κ1) is 14.6. The van der Waals surface area contributed by atoms with Crippen LogP contribution in [0.1, 0.15) is 11.1 Å². The van der Waals surface area contributed by atoms with Crippen LogP contribution in [0.4, 0.5) is 0 Å². The lowest BCUT2D eigenvalue weighted by Crippen LogP contribution is -2.33. The average molecular weight is 315 g/mol. The molecule has 0 bridgehead atoms. The van der Waals surface area contributed by atoms with Gasteiger partial charge in [-0.05, 0) is 23.3 Å². The molecule has 0 fully saturated rings. The fourth-order valence-electron chi connectivity index (χ4n) is 2.96. The highest BCUT2D eigenvalue weighted by molar-refractivity contribution is 5.72. The standard InChI is InChI=1S/C20H17N3O/c24-20(16-9-3-1-4-10-16,17-11-5-2-6-12-17)15-23-21-18-13-7-8-14-19(18)22-23/h1-14,24H,15H2. The summed E-state index contributed by atoms with van der Waals surface area (Å²) in [6.07, 6.45) is 0. The normalized spacial score (nSPS) is 11.7. The molecule has 24 heavy (non-hydrogen) atoms. The third-order valence-electron chi connectivity index (χ3n) is 4.20. The Labute approximate surface area is 140 Å². The van der Waals surface area contributed by atoms with Crippen LogP contribution in [0.3, 0.4) is 0 Å². The molecule has 3 aromatic carbocycles. The van der Waals surface area contributed by atoms with Gasteiger partial charge in [-0.2, -0.15) is 15.0 Å². The molecule has 0 aliphatic rings. The number of hydrogen-bond donors (Lipinski definition) is 1. The molecule has 0 unspecified atom stereocenters. The molecule has 0 aliphatic carbocycles. The lowest BCUT2D eigenvalue weighted by atomic mass is 9.86. The Bertz CT molecular complexity index is 876. The van der Waals surface area contributed by atoms with Gasteiger partial charge in [0.1, 0.15) is 16.6 Å². The van der Waals surface area contributed by atoms with Crippen molar-refractivity contribution in [3.05, 3.63) is 96.1 Å². The van der Waals surface area contributed by atoms with Crippen molar-refractivity contribution in [3.8, 4) is 0 Å². The van der Waals surface area contributed by atoms with E-state index in [4.69, 9.17) is 0 Å². The Morgan fingerprint density at radius 1 is 0.667 bits per heavy atom. The van der Waals surface area contributed by atoms with Crippen LogP contribution < -0.4 is 0 Å². The third kappa shape index (κ3) is 2.57. The van der Waals surface area contributed by atoms with Crippen LogP contribution in [0, 0.1) is 0 Å². The largest absolute Gasteiger partial charge is 0.378 e. The van der Waals surface area contributed by atoms with Crippen LogP contribution in [-0.2, 0) is 12.1 Å². The van der Waals surface area contributed by atoms with Crippen molar-refractivity contribution < 1.29 is 5.11 Å². The summed E-state index contributed by atoms with van der Waals surface area (Å²) in [5.74, 6) is 0. The predicted octanol–water partition coefficient (Wildman–Crippen LogP) is 3.37. The van der Waals surface area contributed by atoms with E-state index in [1.54, 1.807) is 4.80 Å². The topological polar surface area (TPSA) is 50.9 Å². The monoisotopic (exact) mass is 315 g/mol. The van der Waals surface area contributed by atoms with E-state index in [9.17, 15) is 5.11 Å². The quantitative estimate of drug-likeness (QED) is 0.628. The summed E-state index contributed by atoms with van der Waals surface area (Å²) in [5.41, 5.74) is 2.08. The number of hydrogen-bond acceptors (Lipinski definition) is 3. The molecular weight excluding hydrogens is 298 g/mol. The summed E-state index contributed by atoms with van der Waals surface area (Å²) < 4.78 is 0. The van der Waals surface area contributed by atoms with Crippen LogP contribution in [0.5, 0.6) is 0 Å². The van der Waals surface area contributed by atoms with Gasteiger partial charge < -0.3 is 5.11 Å². The number of aromatic nitrogens is 3. The van der Waals surface area contributed by atoms with Crippen molar-refractivity contribution in [2.24, 2.45) is 0 Å². The minimum Gasteiger partial charge on any atom is -0.378 e. The smallest absolute Gasteiger partial charge is 0.136 e. The van der Waals surface area contributed by atoms with Gasteiger partial charge in [0.25, 0.3) is 0 Å². The van der Waals surface area contributed by atoms with Crippen molar-refractivity contribution >= 4 is 11.0 Å². The fraction of sp³-hybridized carbons (Fsp3) is 0.100. The number of aliphatic hydroxyl groups is 1. The maximum atomic E-state index is 11.5. The first-order valence-corrected chi connectivity index (χ1v) is 7.89. The lowest BCUT2D eigenvalue weighted by molar-refractivity contribution is 0.0530. The molecule has 0 saturated carbocycles. The zero-order valence-electron chi connectivity index (χ0n) is 13.1. The second kappa shape index (κ2) is 5.91. The van der Waals surface area contributed by atoms with Gasteiger partial charge in [0.05, 0.1) is 6.54 Å². The summed E-state index contributed by atoms with van der Waals surface area (Å²) in [6.45, 7) is 0.246. The van der Waals surface area contributed by atoms with Gasteiger partial charge in [0.2, 0.25) is 0 Å². The number of fused-ring (bicyclic) bond motifs is 1. The second-order valence-electron chi connectivity index (χ2n) is 5.81. The zero-order chi connectivity index (χ0) is 16.4. The molecule has 0 saturated heterocycles. The van der Waals surface area contributed by atoms with Gasteiger partial charge in [-0.1, -0.05) is 72.8 Å². The molecule has 4 nitrogen and oxygen atoms in total. The lowest BCUT2D eigenvalue weighted by Gasteiger charge is -2.28. The number of nitrogens with zero attached hydrogens (tertiary/aromatic N) is 3. The van der Waals surface area contributed by atoms with E-state index in [2.05, 4.69) is 10.2 Å². The van der Waals surface area contributed by atoms with Gasteiger partial charge in [-0.3, -0.25) is 0 Å². The molecule has 4 rings (SSSR count). The van der Waals surface area contributed by atoms with Crippen molar-refractivity contribution in [2.45, 2.75) is 12.1 Å². The molecule has 4 aromatic rings. The highest BCUT2D eigenvalue weighted by atomic mass is 16.3. The third-order valence-corrected chi connectivity index (χ3v) is 4.20. The molecule has 118 valence electrons. The highest BCUT2D eigenvalue weighted by Crippen LogP contribution is 2.31. The van der Waals surface area contributed by atoms with Crippen molar-refractivity contribution in [2.75, 3.05) is 0 Å². The van der Waals surface area contributed by atoms with E-state index < -0.39 is 5.60 Å². The number of rotatable bonds is 4. The van der Waals surface area contributed by atoms with Crippen LogP contribution >= 0.6 is 0 Å². The molecule has 0 spiro atoms. The van der Waals surface area contributed by atoms with Crippen LogP contribution in [0.25, 0.3) is 11.0 Å².